The number of hydrogen-bond donors (Lipinski definition) is 2. The fourth-order valence-corrected chi connectivity index (χ4v) is 0.862. The molecule has 15 heavy (non-hydrogen) atoms. The standard InChI is InChI=1S/C11H22N2O2/c1-6-9(2)12-7-8-13-10(14)15-11(3,4)5/h6,9,12H,1,7-8H2,2-5H3,(H,13,14). The van der Waals surface area contributed by atoms with E-state index in [2.05, 4.69) is 17.2 Å². The second-order valence-electron chi connectivity index (χ2n) is 4.41. The van der Waals surface area contributed by atoms with Crippen LogP contribution in [0.2, 0.25) is 0 Å². The van der Waals surface area contributed by atoms with Crippen LogP contribution in [0.15, 0.2) is 12.7 Å². The van der Waals surface area contributed by atoms with Gasteiger partial charge in [0.15, 0.2) is 0 Å². The molecule has 1 atom stereocenters. The van der Waals surface area contributed by atoms with Gasteiger partial charge in [-0.25, -0.2) is 4.79 Å². The molecule has 1 unspecified atom stereocenters. The maximum absolute atomic E-state index is 11.2. The number of rotatable bonds is 5. The Labute approximate surface area is 92.1 Å². The zero-order valence-corrected chi connectivity index (χ0v) is 10.1. The monoisotopic (exact) mass is 214 g/mol. The number of carbonyl (C=O) groups excluding carboxylic acids is 1. The molecule has 2 N–H and O–H groups in total. The predicted molar refractivity (Wildman–Crippen MR) is 61.9 cm³/mol. The molecule has 0 heterocycles. The highest BCUT2D eigenvalue weighted by Gasteiger charge is 2.15. The maximum Gasteiger partial charge on any atom is 0.407 e. The highest BCUT2D eigenvalue weighted by molar-refractivity contribution is 5.67. The molecule has 0 saturated heterocycles. The molecule has 4 nitrogen and oxygen atoms in total. The molecule has 1 amide bonds. The molecule has 0 rings (SSSR count). The summed E-state index contributed by atoms with van der Waals surface area (Å²) < 4.78 is 5.07. The number of nitrogens with one attached hydrogen (secondary N) is 2. The summed E-state index contributed by atoms with van der Waals surface area (Å²) in [5.41, 5.74) is -0.439. The Hall–Kier alpha value is -1.03. The van der Waals surface area contributed by atoms with Crippen molar-refractivity contribution in [2.75, 3.05) is 13.1 Å². The third-order valence-electron chi connectivity index (χ3n) is 1.61. The first-order chi connectivity index (χ1) is 6.85. The smallest absolute Gasteiger partial charge is 0.407 e. The second-order valence-corrected chi connectivity index (χ2v) is 4.41. The minimum absolute atomic E-state index is 0.255. The first-order valence-electron chi connectivity index (χ1n) is 5.18. The van der Waals surface area contributed by atoms with E-state index in [1.54, 1.807) is 0 Å². The van der Waals surface area contributed by atoms with E-state index in [4.69, 9.17) is 4.74 Å². The van der Waals surface area contributed by atoms with Crippen molar-refractivity contribution >= 4 is 6.09 Å². The molecule has 0 radical (unpaired) electrons. The first-order valence-corrected chi connectivity index (χ1v) is 5.18. The molecule has 0 aromatic heterocycles. The summed E-state index contributed by atoms with van der Waals surface area (Å²) in [5, 5.41) is 5.82. The van der Waals surface area contributed by atoms with Crippen LogP contribution in [0.1, 0.15) is 27.7 Å². The van der Waals surface area contributed by atoms with Crippen LogP contribution in [0.3, 0.4) is 0 Å². The minimum atomic E-state index is -0.439. The van der Waals surface area contributed by atoms with Gasteiger partial charge in [-0.05, 0) is 27.7 Å². The summed E-state index contributed by atoms with van der Waals surface area (Å²) in [6, 6.07) is 0.255. The summed E-state index contributed by atoms with van der Waals surface area (Å²) in [7, 11) is 0. The molecular weight excluding hydrogens is 192 g/mol. The summed E-state index contributed by atoms with van der Waals surface area (Å²) in [4.78, 5) is 11.2. The maximum atomic E-state index is 11.2. The van der Waals surface area contributed by atoms with Gasteiger partial charge in [0.1, 0.15) is 5.60 Å². The van der Waals surface area contributed by atoms with Gasteiger partial charge in [0.2, 0.25) is 0 Å². The molecule has 0 aliphatic carbocycles. The molecule has 0 saturated carbocycles. The van der Waals surface area contributed by atoms with Crippen LogP contribution >= 0.6 is 0 Å². The van der Waals surface area contributed by atoms with Crippen molar-refractivity contribution in [1.29, 1.82) is 0 Å². The van der Waals surface area contributed by atoms with Crippen LogP contribution < -0.4 is 10.6 Å². The fourth-order valence-electron chi connectivity index (χ4n) is 0.862. The number of amides is 1. The fraction of sp³-hybridized carbons (Fsp3) is 0.727. The quantitative estimate of drug-likeness (QED) is 0.540. The van der Waals surface area contributed by atoms with Gasteiger partial charge in [-0.1, -0.05) is 6.08 Å². The van der Waals surface area contributed by atoms with Crippen molar-refractivity contribution in [2.24, 2.45) is 0 Å². The topological polar surface area (TPSA) is 50.4 Å². The Morgan fingerprint density at radius 1 is 1.47 bits per heavy atom. The van der Waals surface area contributed by atoms with Gasteiger partial charge in [0, 0.05) is 19.1 Å². The number of hydrogen-bond acceptors (Lipinski definition) is 3. The Bertz CT molecular complexity index is 209. The van der Waals surface area contributed by atoms with E-state index in [0.29, 0.717) is 13.1 Å². The van der Waals surface area contributed by atoms with Gasteiger partial charge >= 0.3 is 6.09 Å². The van der Waals surface area contributed by atoms with Gasteiger partial charge in [-0.15, -0.1) is 6.58 Å². The predicted octanol–water partition coefficient (Wildman–Crippen LogP) is 1.68. The highest BCUT2D eigenvalue weighted by atomic mass is 16.6. The van der Waals surface area contributed by atoms with Crippen LogP contribution in [0.5, 0.6) is 0 Å². The van der Waals surface area contributed by atoms with E-state index in [1.165, 1.54) is 0 Å². The Balaban J connectivity index is 3.52. The molecule has 0 aromatic carbocycles. The van der Waals surface area contributed by atoms with Crippen LogP contribution in [0.25, 0.3) is 0 Å². The van der Waals surface area contributed by atoms with E-state index in [1.807, 2.05) is 33.8 Å². The molecule has 0 aromatic rings. The van der Waals surface area contributed by atoms with E-state index in [0.717, 1.165) is 0 Å². The first kappa shape index (κ1) is 14.0. The van der Waals surface area contributed by atoms with Crippen LogP contribution in [0.4, 0.5) is 4.79 Å². The third-order valence-corrected chi connectivity index (χ3v) is 1.61. The van der Waals surface area contributed by atoms with Crippen LogP contribution in [0, 0.1) is 0 Å². The Morgan fingerprint density at radius 3 is 2.53 bits per heavy atom. The average Bonchev–Trinajstić information content (AvgIpc) is 2.09. The van der Waals surface area contributed by atoms with Crippen molar-refractivity contribution < 1.29 is 9.53 Å². The molecule has 0 bridgehead atoms. The van der Waals surface area contributed by atoms with E-state index in [9.17, 15) is 4.79 Å². The summed E-state index contributed by atoms with van der Waals surface area (Å²) in [6.07, 6.45) is 1.43. The van der Waals surface area contributed by atoms with E-state index in [-0.39, 0.29) is 12.1 Å². The number of ether oxygens (including phenoxy) is 1. The van der Waals surface area contributed by atoms with Crippen molar-refractivity contribution in [2.45, 2.75) is 39.3 Å². The van der Waals surface area contributed by atoms with Gasteiger partial charge in [0.05, 0.1) is 0 Å². The molecule has 0 aliphatic rings. The van der Waals surface area contributed by atoms with Gasteiger partial charge in [0.25, 0.3) is 0 Å². The van der Waals surface area contributed by atoms with E-state index < -0.39 is 5.60 Å². The number of carbonyl (C=O) groups is 1. The lowest BCUT2D eigenvalue weighted by molar-refractivity contribution is 0.0528. The third kappa shape index (κ3) is 9.28. The average molecular weight is 214 g/mol. The zero-order valence-electron chi connectivity index (χ0n) is 10.1. The highest BCUT2D eigenvalue weighted by Crippen LogP contribution is 2.05. The summed E-state index contributed by atoms with van der Waals surface area (Å²) >= 11 is 0. The van der Waals surface area contributed by atoms with Gasteiger partial charge < -0.3 is 15.4 Å². The molecule has 0 aliphatic heterocycles. The molecule has 88 valence electrons. The van der Waals surface area contributed by atoms with Gasteiger partial charge in [-0.3, -0.25) is 0 Å². The van der Waals surface area contributed by atoms with Crippen molar-refractivity contribution in [3.8, 4) is 0 Å². The molecule has 0 spiro atoms. The van der Waals surface area contributed by atoms with Crippen molar-refractivity contribution in [3.63, 3.8) is 0 Å². The summed E-state index contributed by atoms with van der Waals surface area (Å²) in [6.45, 7) is 12.4. The lowest BCUT2D eigenvalue weighted by atomic mass is 10.2. The lowest BCUT2D eigenvalue weighted by Gasteiger charge is -2.19. The van der Waals surface area contributed by atoms with Crippen LogP contribution in [-0.2, 0) is 4.74 Å². The van der Waals surface area contributed by atoms with Gasteiger partial charge in [-0.2, -0.15) is 0 Å². The van der Waals surface area contributed by atoms with Crippen molar-refractivity contribution in [3.05, 3.63) is 12.7 Å². The molecular formula is C11H22N2O2. The SMILES string of the molecule is C=CC(C)NCCNC(=O)OC(C)(C)C. The van der Waals surface area contributed by atoms with E-state index >= 15 is 0 Å². The Kier molecular flexibility index (Phi) is 6.01. The zero-order chi connectivity index (χ0) is 11.9. The minimum Gasteiger partial charge on any atom is -0.444 e. The molecule has 0 fully saturated rings. The van der Waals surface area contributed by atoms with Crippen LogP contribution in [-0.4, -0.2) is 30.8 Å². The normalized spacial score (nSPS) is 13.1. The summed E-state index contributed by atoms with van der Waals surface area (Å²) in [5.74, 6) is 0. The Morgan fingerprint density at radius 2 is 2.07 bits per heavy atom. The number of alkyl carbamates (subject to hydrolysis) is 1. The second kappa shape index (κ2) is 6.45. The lowest BCUT2D eigenvalue weighted by Crippen LogP contribution is -2.38. The largest absolute Gasteiger partial charge is 0.444 e. The van der Waals surface area contributed by atoms with Crippen molar-refractivity contribution in [1.82, 2.24) is 10.6 Å². The molecule has 4 heteroatoms.